The fourth-order valence-corrected chi connectivity index (χ4v) is 3.00. The first-order chi connectivity index (χ1) is 12.1. The minimum absolute atomic E-state index is 0.170. The van der Waals surface area contributed by atoms with Gasteiger partial charge in [-0.3, -0.25) is 0 Å². The van der Waals surface area contributed by atoms with Crippen LogP contribution in [0, 0.1) is 5.82 Å². The SMILES string of the molecule is CCc1cc(C2(C=O)CCC2)ccc1NC.CNc1ccc(F)cn1. The molecule has 0 amide bonds. The topological polar surface area (TPSA) is 54.0 Å². The highest BCUT2D eigenvalue weighted by Crippen LogP contribution is 2.42. The lowest BCUT2D eigenvalue weighted by Gasteiger charge is -2.37. The van der Waals surface area contributed by atoms with Crippen molar-refractivity contribution >= 4 is 17.8 Å². The number of nitrogens with one attached hydrogen (secondary N) is 2. The summed E-state index contributed by atoms with van der Waals surface area (Å²) in [5.41, 5.74) is 3.50. The highest BCUT2D eigenvalue weighted by molar-refractivity contribution is 5.71. The summed E-state index contributed by atoms with van der Waals surface area (Å²) in [5, 5.41) is 5.97. The van der Waals surface area contributed by atoms with Crippen LogP contribution in [0.25, 0.3) is 0 Å². The average molecular weight is 343 g/mol. The van der Waals surface area contributed by atoms with E-state index in [2.05, 4.69) is 40.7 Å². The molecule has 1 aliphatic rings. The van der Waals surface area contributed by atoms with Crippen LogP contribution in [0.3, 0.4) is 0 Å². The van der Waals surface area contributed by atoms with Crippen LogP contribution in [0.5, 0.6) is 0 Å². The second kappa shape index (κ2) is 8.60. The van der Waals surface area contributed by atoms with E-state index in [0.29, 0.717) is 5.82 Å². The van der Waals surface area contributed by atoms with E-state index in [1.54, 1.807) is 13.1 Å². The fourth-order valence-electron chi connectivity index (χ4n) is 3.00. The fraction of sp³-hybridized carbons (Fsp3) is 0.400. The third-order valence-corrected chi connectivity index (χ3v) is 4.79. The quantitative estimate of drug-likeness (QED) is 0.800. The van der Waals surface area contributed by atoms with Crippen molar-refractivity contribution < 1.29 is 9.18 Å². The van der Waals surface area contributed by atoms with Gasteiger partial charge in [-0.05, 0) is 48.6 Å². The van der Waals surface area contributed by atoms with Gasteiger partial charge in [0, 0.05) is 19.8 Å². The summed E-state index contributed by atoms with van der Waals surface area (Å²) >= 11 is 0. The number of aromatic nitrogens is 1. The number of hydrogen-bond donors (Lipinski definition) is 2. The molecule has 1 aromatic carbocycles. The van der Waals surface area contributed by atoms with Crippen LogP contribution in [0.4, 0.5) is 15.9 Å². The second-order valence-corrected chi connectivity index (χ2v) is 6.21. The van der Waals surface area contributed by atoms with Crippen molar-refractivity contribution in [2.45, 2.75) is 38.0 Å². The number of nitrogens with zero attached hydrogens (tertiary/aromatic N) is 1. The second-order valence-electron chi connectivity index (χ2n) is 6.21. The molecule has 0 spiro atoms. The number of benzene rings is 1. The highest BCUT2D eigenvalue weighted by Gasteiger charge is 2.38. The van der Waals surface area contributed by atoms with E-state index >= 15 is 0 Å². The highest BCUT2D eigenvalue weighted by atomic mass is 19.1. The third-order valence-electron chi connectivity index (χ3n) is 4.79. The Kier molecular flexibility index (Phi) is 6.51. The van der Waals surface area contributed by atoms with Crippen LogP contribution in [-0.2, 0) is 16.6 Å². The number of rotatable bonds is 5. The predicted molar refractivity (Wildman–Crippen MR) is 101 cm³/mol. The molecule has 3 rings (SSSR count). The normalized spacial score (nSPS) is 14.6. The molecule has 0 unspecified atom stereocenters. The monoisotopic (exact) mass is 343 g/mol. The molecule has 1 heterocycles. The van der Waals surface area contributed by atoms with Crippen molar-refractivity contribution in [3.05, 3.63) is 53.5 Å². The molecular formula is C20H26FN3O. The van der Waals surface area contributed by atoms with Crippen molar-refractivity contribution in [1.29, 1.82) is 0 Å². The Bertz CT molecular complexity index is 697. The first-order valence-electron chi connectivity index (χ1n) is 8.65. The molecule has 0 aliphatic heterocycles. The van der Waals surface area contributed by atoms with E-state index in [4.69, 9.17) is 0 Å². The van der Waals surface area contributed by atoms with Gasteiger partial charge in [0.15, 0.2) is 0 Å². The number of carbonyl (C=O) groups excluding carboxylic acids is 1. The zero-order chi connectivity index (χ0) is 18.3. The Morgan fingerprint density at radius 2 is 1.96 bits per heavy atom. The molecule has 5 heteroatoms. The third kappa shape index (κ3) is 4.35. The van der Waals surface area contributed by atoms with Gasteiger partial charge in [-0.1, -0.05) is 25.5 Å². The minimum atomic E-state index is -0.311. The van der Waals surface area contributed by atoms with Crippen molar-refractivity contribution in [2.24, 2.45) is 0 Å². The molecule has 2 aromatic rings. The Morgan fingerprint density at radius 1 is 1.20 bits per heavy atom. The van der Waals surface area contributed by atoms with Gasteiger partial charge in [-0.15, -0.1) is 0 Å². The van der Waals surface area contributed by atoms with E-state index in [9.17, 15) is 9.18 Å². The molecule has 1 aromatic heterocycles. The first-order valence-corrected chi connectivity index (χ1v) is 8.65. The summed E-state index contributed by atoms with van der Waals surface area (Å²) in [6.45, 7) is 2.15. The number of hydrogen-bond acceptors (Lipinski definition) is 4. The zero-order valence-corrected chi connectivity index (χ0v) is 15.1. The summed E-state index contributed by atoms with van der Waals surface area (Å²) in [5.74, 6) is 0.366. The summed E-state index contributed by atoms with van der Waals surface area (Å²) in [4.78, 5) is 15.0. The zero-order valence-electron chi connectivity index (χ0n) is 15.1. The summed E-state index contributed by atoms with van der Waals surface area (Å²) in [6, 6.07) is 9.32. The Balaban J connectivity index is 0.000000212. The molecule has 25 heavy (non-hydrogen) atoms. The van der Waals surface area contributed by atoms with Crippen LogP contribution in [0.2, 0.25) is 0 Å². The Morgan fingerprint density at radius 3 is 2.40 bits per heavy atom. The van der Waals surface area contributed by atoms with Crippen LogP contribution in [0.1, 0.15) is 37.3 Å². The lowest BCUT2D eigenvalue weighted by molar-refractivity contribution is -0.115. The van der Waals surface area contributed by atoms with Gasteiger partial charge in [0.25, 0.3) is 0 Å². The summed E-state index contributed by atoms with van der Waals surface area (Å²) in [6.07, 6.45) is 6.51. The molecule has 1 aliphatic carbocycles. The molecule has 0 saturated heterocycles. The largest absolute Gasteiger partial charge is 0.388 e. The van der Waals surface area contributed by atoms with Crippen LogP contribution in [-0.4, -0.2) is 25.4 Å². The minimum Gasteiger partial charge on any atom is -0.388 e. The number of anilines is 2. The number of halogens is 1. The van der Waals surface area contributed by atoms with Crippen molar-refractivity contribution in [1.82, 2.24) is 4.98 Å². The molecular weight excluding hydrogens is 317 g/mol. The molecule has 134 valence electrons. The molecule has 0 atom stereocenters. The predicted octanol–water partition coefficient (Wildman–Crippen LogP) is 4.17. The van der Waals surface area contributed by atoms with E-state index in [-0.39, 0.29) is 11.2 Å². The van der Waals surface area contributed by atoms with Crippen LogP contribution >= 0.6 is 0 Å². The molecule has 0 bridgehead atoms. The maximum Gasteiger partial charge on any atom is 0.141 e. The number of aryl methyl sites for hydroxylation is 1. The first kappa shape index (κ1) is 18.9. The van der Waals surface area contributed by atoms with E-state index in [1.807, 2.05) is 7.05 Å². The molecule has 1 fully saturated rings. The average Bonchev–Trinajstić information content (AvgIpc) is 2.62. The van der Waals surface area contributed by atoms with Gasteiger partial charge in [-0.2, -0.15) is 0 Å². The summed E-state index contributed by atoms with van der Waals surface area (Å²) in [7, 11) is 3.67. The van der Waals surface area contributed by atoms with E-state index < -0.39 is 0 Å². The van der Waals surface area contributed by atoms with Crippen molar-refractivity contribution in [2.75, 3.05) is 24.7 Å². The van der Waals surface area contributed by atoms with E-state index in [0.717, 1.165) is 25.5 Å². The standard InChI is InChI=1S/C14H19NO.C6H7FN2/c1-3-11-9-12(5-6-13(11)15-2)14(10-16)7-4-8-14;1-8-6-3-2-5(7)4-9-6/h5-6,9-10,15H,3-4,7-8H2,1-2H3;2-4H,1H3,(H,8,9). The number of pyridine rings is 1. The maximum atomic E-state index is 12.1. The van der Waals surface area contributed by atoms with Crippen LogP contribution < -0.4 is 10.6 Å². The molecule has 2 N–H and O–H groups in total. The smallest absolute Gasteiger partial charge is 0.141 e. The van der Waals surface area contributed by atoms with Crippen LogP contribution in [0.15, 0.2) is 36.5 Å². The number of carbonyl (C=O) groups is 1. The maximum absolute atomic E-state index is 12.1. The van der Waals surface area contributed by atoms with Gasteiger partial charge in [0.2, 0.25) is 0 Å². The summed E-state index contributed by atoms with van der Waals surface area (Å²) < 4.78 is 12.1. The molecule has 0 radical (unpaired) electrons. The van der Waals surface area contributed by atoms with Crippen molar-refractivity contribution in [3.8, 4) is 0 Å². The van der Waals surface area contributed by atoms with E-state index in [1.165, 1.54) is 35.5 Å². The Labute approximate surface area is 148 Å². The van der Waals surface area contributed by atoms with Gasteiger partial charge in [-0.25, -0.2) is 9.37 Å². The lowest BCUT2D eigenvalue weighted by Crippen LogP contribution is -2.35. The molecule has 1 saturated carbocycles. The van der Waals surface area contributed by atoms with Gasteiger partial charge < -0.3 is 15.4 Å². The molecule has 4 nitrogen and oxygen atoms in total. The van der Waals surface area contributed by atoms with Gasteiger partial charge in [0.1, 0.15) is 17.9 Å². The van der Waals surface area contributed by atoms with Gasteiger partial charge >= 0.3 is 0 Å². The van der Waals surface area contributed by atoms with Crippen molar-refractivity contribution in [3.63, 3.8) is 0 Å². The van der Waals surface area contributed by atoms with Gasteiger partial charge in [0.05, 0.1) is 11.6 Å². The number of aldehydes is 1. The lowest BCUT2D eigenvalue weighted by atomic mass is 9.65. The Hall–Kier alpha value is -2.43.